The third-order valence-corrected chi connectivity index (χ3v) is 3.39. The molecule has 2 N–H and O–H groups in total. The standard InChI is InChI=1S/C5H10IN3/c1-8-3-4-9(2)6-5(8)7/h3-4H,7H2,1-2H3. The molecule has 0 radical (unpaired) electrons. The molecular formula is C5H10IN3. The van der Waals surface area contributed by atoms with E-state index < -0.39 is 0 Å². The maximum absolute atomic E-state index is 5.67. The summed E-state index contributed by atoms with van der Waals surface area (Å²) in [4.78, 5) is 1.97. The molecule has 1 rings (SSSR count). The van der Waals surface area contributed by atoms with Gasteiger partial charge in [-0.2, -0.15) is 0 Å². The highest BCUT2D eigenvalue weighted by Crippen LogP contribution is 2.11. The Labute approximate surface area is 65.2 Å². The minimum absolute atomic E-state index is 0.0842. The first-order chi connectivity index (χ1) is 4.20. The summed E-state index contributed by atoms with van der Waals surface area (Å²) in [5.41, 5.74) is 5.67. The highest BCUT2D eigenvalue weighted by Gasteiger charge is 2.01. The van der Waals surface area contributed by atoms with Gasteiger partial charge in [-0.25, -0.2) is 0 Å². The van der Waals surface area contributed by atoms with E-state index in [1.807, 2.05) is 31.4 Å². The largest absolute Gasteiger partial charge is 0.335 e. The summed E-state index contributed by atoms with van der Waals surface area (Å²) < 4.78 is 3.15. The zero-order valence-electron chi connectivity index (χ0n) is 5.50. The molecule has 1 aliphatic heterocycles. The Hall–Kier alpha value is -0.100. The van der Waals surface area contributed by atoms with E-state index in [0.717, 1.165) is 3.76 Å². The summed E-state index contributed by atoms with van der Waals surface area (Å²) in [5, 5.41) is 0. The third kappa shape index (κ3) is 1.65. The van der Waals surface area contributed by atoms with Crippen LogP contribution in [0, 0.1) is 0 Å². The number of rotatable bonds is 0. The summed E-state index contributed by atoms with van der Waals surface area (Å²) in [6.07, 6.45) is 4.02. The molecule has 9 heavy (non-hydrogen) atoms. The lowest BCUT2D eigenvalue weighted by molar-refractivity contribution is 0.667. The molecule has 1 heterocycles. The van der Waals surface area contributed by atoms with E-state index in [4.69, 9.17) is 5.73 Å². The van der Waals surface area contributed by atoms with E-state index >= 15 is 0 Å². The molecule has 0 atom stereocenters. The van der Waals surface area contributed by atoms with Crippen LogP contribution in [0.4, 0.5) is 0 Å². The van der Waals surface area contributed by atoms with Gasteiger partial charge >= 0.3 is 0 Å². The van der Waals surface area contributed by atoms with Gasteiger partial charge in [0.2, 0.25) is 0 Å². The molecule has 0 amide bonds. The number of hydrogen-bond donors (Lipinski definition) is 1. The van der Waals surface area contributed by atoms with Crippen LogP contribution in [-0.2, 0) is 0 Å². The van der Waals surface area contributed by atoms with Crippen LogP contribution in [0.15, 0.2) is 12.4 Å². The molecule has 0 aromatic carbocycles. The minimum atomic E-state index is -0.0842. The lowest BCUT2D eigenvalue weighted by Crippen LogP contribution is -2.30. The third-order valence-electron chi connectivity index (χ3n) is 1.05. The molecular weight excluding hydrogens is 229 g/mol. The number of hydrogen-bond acceptors (Lipinski definition) is 3. The highest BCUT2D eigenvalue weighted by molar-refractivity contribution is 14.2. The molecule has 0 aliphatic carbocycles. The summed E-state index contributed by atoms with van der Waals surface area (Å²) in [6, 6.07) is 0. The molecule has 0 fully saturated rings. The molecule has 0 saturated carbocycles. The second-order valence-electron chi connectivity index (χ2n) is 1.84. The molecule has 3 nitrogen and oxygen atoms in total. The Morgan fingerprint density at radius 2 is 2.11 bits per heavy atom. The van der Waals surface area contributed by atoms with Crippen LogP contribution in [0.5, 0.6) is 0 Å². The zero-order chi connectivity index (χ0) is 6.85. The molecule has 0 saturated heterocycles. The average molecular weight is 239 g/mol. The van der Waals surface area contributed by atoms with Crippen molar-refractivity contribution in [2.24, 2.45) is 5.73 Å². The van der Waals surface area contributed by atoms with E-state index in [-0.39, 0.29) is 21.0 Å². The first-order valence-corrected chi connectivity index (χ1v) is 4.66. The number of halogens is 1. The van der Waals surface area contributed by atoms with Crippen molar-refractivity contribution in [3.05, 3.63) is 12.4 Å². The van der Waals surface area contributed by atoms with E-state index in [1.54, 1.807) is 0 Å². The molecule has 0 aromatic rings. The van der Waals surface area contributed by atoms with Gasteiger partial charge in [0.1, 0.15) is 3.76 Å². The zero-order valence-corrected chi connectivity index (χ0v) is 7.66. The summed E-state index contributed by atoms with van der Waals surface area (Å²) in [6.45, 7) is 0. The van der Waals surface area contributed by atoms with Crippen molar-refractivity contribution < 1.29 is 0 Å². The first-order valence-electron chi connectivity index (χ1n) is 2.61. The molecule has 0 aromatic heterocycles. The van der Waals surface area contributed by atoms with Crippen molar-refractivity contribution in [2.45, 2.75) is 0 Å². The molecule has 0 unspecified atom stereocenters. The predicted octanol–water partition coefficient (Wildman–Crippen LogP) is 0.267. The van der Waals surface area contributed by atoms with E-state index in [2.05, 4.69) is 3.11 Å². The summed E-state index contributed by atoms with van der Waals surface area (Å²) in [5.74, 6) is 0. The second kappa shape index (κ2) is 2.66. The van der Waals surface area contributed by atoms with Crippen molar-refractivity contribution in [1.29, 1.82) is 0 Å². The van der Waals surface area contributed by atoms with Gasteiger partial charge in [0, 0.05) is 47.5 Å². The van der Waals surface area contributed by atoms with Crippen molar-refractivity contribution in [2.75, 3.05) is 14.1 Å². The van der Waals surface area contributed by atoms with Crippen LogP contribution in [0.1, 0.15) is 0 Å². The molecule has 0 spiro atoms. The Kier molecular flexibility index (Phi) is 2.07. The Bertz CT molecular complexity index is 164. The maximum atomic E-state index is 5.67. The lowest BCUT2D eigenvalue weighted by atomic mass is 10.7. The second-order valence-corrected chi connectivity index (χ2v) is 4.95. The van der Waals surface area contributed by atoms with Gasteiger partial charge in [-0.1, -0.05) is 0 Å². The van der Waals surface area contributed by atoms with Gasteiger partial charge in [0.25, 0.3) is 0 Å². The van der Waals surface area contributed by atoms with Crippen LogP contribution in [0.3, 0.4) is 0 Å². The number of nitrogens with two attached hydrogens (primary N) is 1. The van der Waals surface area contributed by atoms with Crippen LogP contribution in [0.2, 0.25) is 0 Å². The molecule has 0 bridgehead atoms. The topological polar surface area (TPSA) is 32.5 Å². The smallest absolute Gasteiger partial charge is 0.132 e. The normalized spacial score (nSPS) is 19.2. The molecule has 1 aliphatic rings. The van der Waals surface area contributed by atoms with Crippen LogP contribution >= 0.6 is 21.0 Å². The van der Waals surface area contributed by atoms with Crippen molar-refractivity contribution in [3.63, 3.8) is 0 Å². The van der Waals surface area contributed by atoms with E-state index in [1.165, 1.54) is 0 Å². The highest BCUT2D eigenvalue weighted by atomic mass is 127. The fourth-order valence-corrected chi connectivity index (χ4v) is 2.07. The quantitative estimate of drug-likeness (QED) is 0.486. The van der Waals surface area contributed by atoms with Crippen LogP contribution in [-0.4, -0.2) is 25.9 Å². The number of nitrogens with zero attached hydrogens (tertiary/aromatic N) is 2. The van der Waals surface area contributed by atoms with Gasteiger partial charge in [-0.15, -0.1) is 0 Å². The van der Waals surface area contributed by atoms with Gasteiger partial charge in [0.05, 0.1) is 0 Å². The Balaban J connectivity index is 2.70. The summed E-state index contributed by atoms with van der Waals surface area (Å²) >= 11 is -0.0842. The summed E-state index contributed by atoms with van der Waals surface area (Å²) in [7, 11) is 4.02. The maximum Gasteiger partial charge on any atom is 0.132 e. The van der Waals surface area contributed by atoms with Crippen LogP contribution in [0.25, 0.3) is 0 Å². The van der Waals surface area contributed by atoms with Gasteiger partial charge in [-0.3, -0.25) is 5.73 Å². The van der Waals surface area contributed by atoms with E-state index in [9.17, 15) is 0 Å². The Morgan fingerprint density at radius 1 is 1.44 bits per heavy atom. The minimum Gasteiger partial charge on any atom is -0.335 e. The van der Waals surface area contributed by atoms with E-state index in [0.29, 0.717) is 0 Å². The van der Waals surface area contributed by atoms with Crippen molar-refractivity contribution >= 4 is 24.8 Å². The SMILES string of the molecule is CN1C=CN(C)C(N)=I1. The molecule has 4 heteroatoms. The van der Waals surface area contributed by atoms with Gasteiger partial charge in [-0.05, 0) is 0 Å². The average Bonchev–Trinajstić information content (AvgIpc) is 1.80. The first kappa shape index (κ1) is 7.01. The van der Waals surface area contributed by atoms with Gasteiger partial charge < -0.3 is 8.01 Å². The fourth-order valence-electron chi connectivity index (χ4n) is 0.487. The lowest BCUT2D eigenvalue weighted by Gasteiger charge is -2.21. The van der Waals surface area contributed by atoms with Crippen molar-refractivity contribution in [3.8, 4) is 0 Å². The fraction of sp³-hybridized carbons (Fsp3) is 0.400. The monoisotopic (exact) mass is 239 g/mol. The van der Waals surface area contributed by atoms with Gasteiger partial charge in [0.15, 0.2) is 0 Å². The van der Waals surface area contributed by atoms with Crippen LogP contribution < -0.4 is 5.73 Å². The Morgan fingerprint density at radius 3 is 2.56 bits per heavy atom. The predicted molar refractivity (Wildman–Crippen MR) is 47.9 cm³/mol. The van der Waals surface area contributed by atoms with Crippen molar-refractivity contribution in [1.82, 2.24) is 8.01 Å². The molecule has 52 valence electrons.